The van der Waals surface area contributed by atoms with Crippen molar-refractivity contribution < 1.29 is 38.2 Å². The molecule has 5 aliphatic rings. The first-order valence-electron chi connectivity index (χ1n) is 24.6. The zero-order valence-corrected chi connectivity index (χ0v) is 41.7. The van der Waals surface area contributed by atoms with Crippen molar-refractivity contribution >= 4 is 46.2 Å². The van der Waals surface area contributed by atoms with E-state index >= 15 is 0 Å². The fraction of sp³-hybridized carbons (Fsp3) is 0.577. The molecule has 69 heavy (non-hydrogen) atoms. The van der Waals surface area contributed by atoms with Gasteiger partial charge in [-0.3, -0.25) is 34.1 Å². The minimum atomic E-state index is -1.02. The number of nitrogens with zero attached hydrogens (tertiary/aromatic N) is 7. The second-order valence-electron chi connectivity index (χ2n) is 20.6. The molecule has 8 rings (SSSR count). The predicted octanol–water partition coefficient (Wildman–Crippen LogP) is 4.80. The van der Waals surface area contributed by atoms with Gasteiger partial charge in [-0.15, -0.1) is 0 Å². The van der Waals surface area contributed by atoms with Crippen LogP contribution in [0.1, 0.15) is 83.7 Å². The maximum atomic E-state index is 14.8. The maximum Gasteiger partial charge on any atom is 0.324 e. The smallest absolute Gasteiger partial charge is 0.324 e. The molecule has 17 heteroatoms. The van der Waals surface area contributed by atoms with Gasteiger partial charge in [0.25, 0.3) is 5.91 Å². The van der Waals surface area contributed by atoms with Gasteiger partial charge in [-0.25, -0.2) is 10.2 Å². The summed E-state index contributed by atoms with van der Waals surface area (Å²) in [6.45, 7) is 20.1. The van der Waals surface area contributed by atoms with E-state index in [2.05, 4.69) is 77.9 Å². The molecular formula is C52H71N9O8. The van der Waals surface area contributed by atoms with E-state index in [-0.39, 0.29) is 56.1 Å². The van der Waals surface area contributed by atoms with Crippen LogP contribution in [0.25, 0.3) is 27.7 Å². The van der Waals surface area contributed by atoms with Gasteiger partial charge in [0, 0.05) is 81.5 Å². The molecule has 5 atom stereocenters. The number of likely N-dealkylation sites (tertiary alicyclic amines) is 1. The minimum absolute atomic E-state index is 0.144. The molecule has 2 aromatic heterocycles. The minimum Gasteiger partial charge on any atom is -0.464 e. The van der Waals surface area contributed by atoms with Crippen molar-refractivity contribution in [1.82, 2.24) is 44.9 Å². The molecule has 7 heterocycles. The Morgan fingerprint density at radius 1 is 1.09 bits per heavy atom. The SMILES string of the molecule is C=CC(=O)N1CCOC2(C1)CN(C(=O)N(C)[C@H](C(=O)NC1CN3CCC=C(C3)c3ccc4c(c3)c(c(-c3cccnc3[C@H](C)OC)n4CC)CC(C)(C)COC(=O)[C@@H]3CCCN(N3)C1=O)C(C)C)C2. The normalized spacial score (nSPS) is 23.6. The van der Waals surface area contributed by atoms with Crippen LogP contribution in [0.3, 0.4) is 0 Å². The average molecular weight is 950 g/mol. The highest BCUT2D eigenvalue weighted by molar-refractivity contribution is 5.95. The highest BCUT2D eigenvalue weighted by Gasteiger charge is 2.51. The zero-order chi connectivity index (χ0) is 49.4. The molecule has 5 aliphatic heterocycles. The lowest BCUT2D eigenvalue weighted by molar-refractivity contribution is -0.178. The van der Waals surface area contributed by atoms with Gasteiger partial charge in [0.15, 0.2) is 0 Å². The second kappa shape index (κ2) is 20.4. The molecule has 2 unspecified atom stereocenters. The second-order valence-corrected chi connectivity index (χ2v) is 20.6. The number of cyclic esters (lactones) is 1. The molecule has 1 spiro atoms. The monoisotopic (exact) mass is 950 g/mol. The Hall–Kier alpha value is -5.62. The quantitative estimate of drug-likeness (QED) is 0.223. The molecule has 6 bridgehead atoms. The Morgan fingerprint density at radius 3 is 2.58 bits per heavy atom. The highest BCUT2D eigenvalue weighted by atomic mass is 16.5. The lowest BCUT2D eigenvalue weighted by Gasteiger charge is -2.54. The van der Waals surface area contributed by atoms with Gasteiger partial charge in [0.2, 0.25) is 11.8 Å². The first-order valence-corrected chi connectivity index (χ1v) is 24.6. The summed E-state index contributed by atoms with van der Waals surface area (Å²) >= 11 is 0. The van der Waals surface area contributed by atoms with E-state index in [4.69, 9.17) is 19.2 Å². The molecule has 3 saturated heterocycles. The third kappa shape index (κ3) is 10.2. The summed E-state index contributed by atoms with van der Waals surface area (Å²) in [5.74, 6) is -1.76. The van der Waals surface area contributed by atoms with Crippen molar-refractivity contribution in [1.29, 1.82) is 0 Å². The van der Waals surface area contributed by atoms with Crippen LogP contribution < -0.4 is 10.7 Å². The van der Waals surface area contributed by atoms with Crippen LogP contribution in [0.15, 0.2) is 55.3 Å². The van der Waals surface area contributed by atoms with E-state index in [0.29, 0.717) is 65.1 Å². The van der Waals surface area contributed by atoms with Gasteiger partial charge in [-0.05, 0) is 92.5 Å². The van der Waals surface area contributed by atoms with Gasteiger partial charge in [0.05, 0.1) is 50.3 Å². The topological polar surface area (TPSA) is 171 Å². The number of aryl methyl sites for hydroxylation is 1. The van der Waals surface area contributed by atoms with Crippen molar-refractivity contribution in [2.75, 3.05) is 79.7 Å². The Balaban J connectivity index is 1.10. The number of carbonyl (C=O) groups is 5. The number of urea groups is 1. The van der Waals surface area contributed by atoms with Gasteiger partial charge in [0.1, 0.15) is 23.7 Å². The summed E-state index contributed by atoms with van der Waals surface area (Å²) in [6.07, 6.45) is 7.48. The Labute approximate surface area is 406 Å². The number of rotatable bonds is 9. The number of likely N-dealkylation sites (N-methyl/N-ethyl adjacent to an activating group) is 1. The van der Waals surface area contributed by atoms with Crippen LogP contribution >= 0.6 is 0 Å². The number of pyridine rings is 1. The number of benzene rings is 1. The molecule has 0 saturated carbocycles. The van der Waals surface area contributed by atoms with E-state index in [0.717, 1.165) is 51.0 Å². The molecule has 5 amide bonds. The van der Waals surface area contributed by atoms with Crippen LogP contribution in [-0.2, 0) is 46.4 Å². The van der Waals surface area contributed by atoms with Crippen LogP contribution in [0.5, 0.6) is 0 Å². The summed E-state index contributed by atoms with van der Waals surface area (Å²) in [7, 11) is 3.31. The average Bonchev–Trinajstić information content (AvgIpc) is 3.64. The number of hydrazine groups is 1. The molecule has 0 aliphatic carbocycles. The van der Waals surface area contributed by atoms with Crippen molar-refractivity contribution in [3.8, 4) is 11.3 Å². The van der Waals surface area contributed by atoms with Gasteiger partial charge in [-0.1, -0.05) is 46.4 Å². The molecule has 0 radical (unpaired) electrons. The Bertz CT molecular complexity index is 2490. The molecule has 372 valence electrons. The first-order chi connectivity index (χ1) is 33.0. The van der Waals surface area contributed by atoms with Crippen LogP contribution in [-0.4, -0.2) is 167 Å². The van der Waals surface area contributed by atoms with Crippen molar-refractivity contribution in [3.05, 3.63) is 72.1 Å². The number of hydrogen-bond acceptors (Lipinski definition) is 11. The number of morpholine rings is 1. The fourth-order valence-corrected chi connectivity index (χ4v) is 11.0. The van der Waals surface area contributed by atoms with E-state index in [9.17, 15) is 24.0 Å². The number of amides is 5. The molecule has 3 fully saturated rings. The van der Waals surface area contributed by atoms with E-state index in [1.54, 1.807) is 30.2 Å². The zero-order valence-electron chi connectivity index (χ0n) is 41.7. The van der Waals surface area contributed by atoms with Gasteiger partial charge in [-0.2, -0.15) is 0 Å². The first kappa shape index (κ1) is 49.8. The summed E-state index contributed by atoms with van der Waals surface area (Å²) in [6, 6.07) is 7.67. The molecule has 17 nitrogen and oxygen atoms in total. The fourth-order valence-electron chi connectivity index (χ4n) is 11.0. The predicted molar refractivity (Wildman–Crippen MR) is 262 cm³/mol. The lowest BCUT2D eigenvalue weighted by atomic mass is 9.84. The number of carbonyl (C=O) groups excluding carboxylic acids is 5. The van der Waals surface area contributed by atoms with Crippen molar-refractivity contribution in [2.24, 2.45) is 11.3 Å². The van der Waals surface area contributed by atoms with Gasteiger partial charge >= 0.3 is 12.0 Å². The summed E-state index contributed by atoms with van der Waals surface area (Å²) in [5, 5.41) is 5.67. The molecule has 3 aromatic rings. The lowest BCUT2D eigenvalue weighted by Crippen LogP contribution is -2.73. The Kier molecular flexibility index (Phi) is 14.7. The van der Waals surface area contributed by atoms with E-state index in [1.807, 2.05) is 26.8 Å². The van der Waals surface area contributed by atoms with Crippen LogP contribution in [0.2, 0.25) is 0 Å². The van der Waals surface area contributed by atoms with E-state index in [1.165, 1.54) is 16.0 Å². The molecular weight excluding hydrogens is 879 g/mol. The molecule has 2 N–H and O–H groups in total. The van der Waals surface area contributed by atoms with Crippen molar-refractivity contribution in [2.45, 2.75) is 104 Å². The Morgan fingerprint density at radius 2 is 1.86 bits per heavy atom. The number of fused-ring (bicyclic) bond motifs is 6. The van der Waals surface area contributed by atoms with Crippen molar-refractivity contribution in [3.63, 3.8) is 0 Å². The number of hydrogen-bond donors (Lipinski definition) is 2. The number of methoxy groups -OCH3 is 1. The largest absolute Gasteiger partial charge is 0.464 e. The third-order valence-electron chi connectivity index (χ3n) is 14.6. The number of ether oxygens (including phenoxy) is 3. The number of nitrogens with one attached hydrogen (secondary N) is 2. The van der Waals surface area contributed by atoms with Crippen LogP contribution in [0.4, 0.5) is 4.79 Å². The molecule has 1 aromatic carbocycles. The highest BCUT2D eigenvalue weighted by Crippen LogP contribution is 2.42. The third-order valence-corrected chi connectivity index (χ3v) is 14.6. The van der Waals surface area contributed by atoms with E-state index < -0.39 is 41.0 Å². The van der Waals surface area contributed by atoms with Crippen LogP contribution in [0, 0.1) is 11.3 Å². The number of esters is 1. The van der Waals surface area contributed by atoms with Gasteiger partial charge < -0.3 is 38.8 Å². The summed E-state index contributed by atoms with van der Waals surface area (Å²) < 4.78 is 20.4. The summed E-state index contributed by atoms with van der Waals surface area (Å²) in [5.41, 5.74) is 9.34. The summed E-state index contributed by atoms with van der Waals surface area (Å²) in [4.78, 5) is 81.6. The maximum absolute atomic E-state index is 14.8. The number of aromatic nitrogens is 2. The standard InChI is InChI=1S/C52H71N9O8/c1-10-43(62)58-23-24-69-52(29-58)30-59(31-52)50(66)56(8)45(33(3)4)47(63)54-41-28-57-21-13-15-36(27-57)35-18-19-42-38(25-35)39(46(60(42)11-2)37-16-12-20-53-44(37)34(5)67-9)26-51(6,7)32-68-49(65)40-17-14-22-61(55-40)48(41)64/h10,12,15-16,18-20,25,33-34,40-41,45,55H,1,11,13-14,17,21-24,26-32H2,2-9H3,(H,54,63)/t34-,40-,41?,45-/m0/s1.